The number of para-hydroxylation sites is 2. The van der Waals surface area contributed by atoms with Crippen LogP contribution < -0.4 is 4.74 Å². The van der Waals surface area contributed by atoms with E-state index in [4.69, 9.17) is 9.15 Å². The van der Waals surface area contributed by atoms with Gasteiger partial charge < -0.3 is 13.7 Å². The minimum Gasteiger partial charge on any atom is -0.496 e. The zero-order chi connectivity index (χ0) is 16.5. The van der Waals surface area contributed by atoms with Crippen molar-refractivity contribution < 1.29 is 9.15 Å². The van der Waals surface area contributed by atoms with Crippen molar-refractivity contribution in [2.45, 2.75) is 6.54 Å². The van der Waals surface area contributed by atoms with Crippen LogP contribution in [0.25, 0.3) is 22.6 Å². The van der Waals surface area contributed by atoms with E-state index in [9.17, 15) is 0 Å². The van der Waals surface area contributed by atoms with Crippen molar-refractivity contribution in [3.63, 3.8) is 0 Å². The second-order valence-electron chi connectivity index (χ2n) is 5.38. The molecule has 0 aliphatic carbocycles. The number of hydrogen-bond donors (Lipinski definition) is 0. The van der Waals surface area contributed by atoms with Gasteiger partial charge in [-0.1, -0.05) is 18.2 Å². The summed E-state index contributed by atoms with van der Waals surface area (Å²) in [5.74, 6) is 1.38. The van der Waals surface area contributed by atoms with Gasteiger partial charge in [0.15, 0.2) is 5.58 Å². The van der Waals surface area contributed by atoms with Crippen LogP contribution in [0.1, 0.15) is 5.56 Å². The molecule has 0 saturated heterocycles. The number of imidazole rings is 1. The summed E-state index contributed by atoms with van der Waals surface area (Å²) in [5.41, 5.74) is 3.57. The Labute approximate surface area is 147 Å². The van der Waals surface area contributed by atoms with Gasteiger partial charge in [0.05, 0.1) is 20.0 Å². The monoisotopic (exact) mass is 383 g/mol. The van der Waals surface area contributed by atoms with Crippen molar-refractivity contribution in [1.82, 2.24) is 14.5 Å². The summed E-state index contributed by atoms with van der Waals surface area (Å²) in [6.07, 6.45) is 3.70. The van der Waals surface area contributed by atoms with E-state index in [1.54, 1.807) is 13.4 Å². The van der Waals surface area contributed by atoms with E-state index >= 15 is 0 Å². The molecule has 5 nitrogen and oxygen atoms in total. The first kappa shape index (κ1) is 15.0. The number of ether oxygens (including phenoxy) is 1. The third kappa shape index (κ3) is 2.80. The molecule has 120 valence electrons. The number of methoxy groups -OCH3 is 1. The summed E-state index contributed by atoms with van der Waals surface area (Å²) >= 11 is 3.36. The Bertz CT molecular complexity index is 973. The van der Waals surface area contributed by atoms with Gasteiger partial charge in [-0.25, -0.2) is 9.97 Å². The minimum absolute atomic E-state index is 0.589. The predicted octanol–water partition coefficient (Wildman–Crippen LogP) is 4.51. The van der Waals surface area contributed by atoms with Gasteiger partial charge in [-0.05, 0) is 40.2 Å². The molecule has 0 radical (unpaired) electrons. The van der Waals surface area contributed by atoms with E-state index in [2.05, 4.69) is 25.9 Å². The van der Waals surface area contributed by atoms with E-state index in [1.165, 1.54) is 0 Å². The highest BCUT2D eigenvalue weighted by Gasteiger charge is 2.12. The fourth-order valence-electron chi connectivity index (χ4n) is 2.62. The summed E-state index contributed by atoms with van der Waals surface area (Å²) in [6, 6.07) is 13.7. The Morgan fingerprint density at radius 3 is 2.83 bits per heavy atom. The maximum Gasteiger partial charge on any atom is 0.227 e. The summed E-state index contributed by atoms with van der Waals surface area (Å²) in [4.78, 5) is 8.70. The van der Waals surface area contributed by atoms with E-state index in [-0.39, 0.29) is 0 Å². The van der Waals surface area contributed by atoms with Crippen molar-refractivity contribution >= 4 is 27.0 Å². The van der Waals surface area contributed by atoms with Gasteiger partial charge in [-0.3, -0.25) is 0 Å². The first-order valence-corrected chi connectivity index (χ1v) is 8.22. The maximum absolute atomic E-state index is 5.83. The van der Waals surface area contributed by atoms with Crippen molar-refractivity contribution in [2.75, 3.05) is 7.11 Å². The highest BCUT2D eigenvalue weighted by atomic mass is 79.9. The number of oxazole rings is 1. The van der Waals surface area contributed by atoms with Crippen molar-refractivity contribution in [2.24, 2.45) is 0 Å². The molecule has 4 aromatic rings. The minimum atomic E-state index is 0.589. The SMILES string of the molecule is COc1cc(-c2nc3ccccc3o2)ccc1Cn1cnc(Br)c1. The average molecular weight is 384 g/mol. The number of benzene rings is 2. The van der Waals surface area contributed by atoms with Gasteiger partial charge in [-0.15, -0.1) is 0 Å². The van der Waals surface area contributed by atoms with Crippen LogP contribution in [0, 0.1) is 0 Å². The lowest BCUT2D eigenvalue weighted by atomic mass is 10.1. The smallest absolute Gasteiger partial charge is 0.227 e. The molecule has 0 spiro atoms. The van der Waals surface area contributed by atoms with Gasteiger partial charge in [0.2, 0.25) is 5.89 Å². The van der Waals surface area contributed by atoms with Gasteiger partial charge in [0, 0.05) is 17.3 Å². The second-order valence-corrected chi connectivity index (χ2v) is 6.19. The molecule has 2 aromatic heterocycles. The number of hydrogen-bond acceptors (Lipinski definition) is 4. The van der Waals surface area contributed by atoms with Crippen LogP contribution >= 0.6 is 15.9 Å². The molecule has 0 N–H and O–H groups in total. The Hall–Kier alpha value is -2.60. The van der Waals surface area contributed by atoms with Gasteiger partial charge >= 0.3 is 0 Å². The van der Waals surface area contributed by atoms with Crippen LogP contribution in [0.4, 0.5) is 0 Å². The van der Waals surface area contributed by atoms with Crippen molar-refractivity contribution in [1.29, 1.82) is 0 Å². The quantitative estimate of drug-likeness (QED) is 0.520. The zero-order valence-electron chi connectivity index (χ0n) is 12.9. The highest BCUT2D eigenvalue weighted by Crippen LogP contribution is 2.29. The lowest BCUT2D eigenvalue weighted by molar-refractivity contribution is 0.408. The van der Waals surface area contributed by atoms with E-state index < -0.39 is 0 Å². The Kier molecular flexibility index (Phi) is 3.82. The molecule has 0 aliphatic heterocycles. The number of halogens is 1. The standard InChI is InChI=1S/C18H14BrN3O2/c1-23-16-8-12(18-21-14-4-2-3-5-15(14)24-18)6-7-13(16)9-22-10-17(19)20-11-22/h2-8,10-11H,9H2,1H3. The van der Waals surface area contributed by atoms with Crippen molar-refractivity contribution in [3.8, 4) is 17.2 Å². The summed E-state index contributed by atoms with van der Waals surface area (Å²) in [7, 11) is 1.67. The molecule has 6 heteroatoms. The largest absolute Gasteiger partial charge is 0.496 e. The maximum atomic E-state index is 5.83. The molecule has 2 heterocycles. The average Bonchev–Trinajstić information content (AvgIpc) is 3.21. The summed E-state index contributed by atoms with van der Waals surface area (Å²) < 4.78 is 14.2. The van der Waals surface area contributed by atoms with Crippen molar-refractivity contribution in [3.05, 3.63) is 65.2 Å². The fourth-order valence-corrected chi connectivity index (χ4v) is 2.97. The topological polar surface area (TPSA) is 53.1 Å². The Balaban J connectivity index is 1.70. The van der Waals surface area contributed by atoms with E-state index in [1.807, 2.05) is 53.2 Å². The molecule has 2 aromatic carbocycles. The molecule has 0 unspecified atom stereocenters. The Morgan fingerprint density at radius 2 is 2.08 bits per heavy atom. The highest BCUT2D eigenvalue weighted by molar-refractivity contribution is 9.10. The van der Waals surface area contributed by atoms with Gasteiger partial charge in [0.25, 0.3) is 0 Å². The van der Waals surface area contributed by atoms with E-state index in [0.717, 1.165) is 32.6 Å². The number of aromatic nitrogens is 3. The zero-order valence-corrected chi connectivity index (χ0v) is 14.5. The van der Waals surface area contributed by atoms with Crippen LogP contribution in [0.2, 0.25) is 0 Å². The number of fused-ring (bicyclic) bond motifs is 1. The van der Waals surface area contributed by atoms with Gasteiger partial charge in [-0.2, -0.15) is 0 Å². The normalized spacial score (nSPS) is 11.1. The predicted molar refractivity (Wildman–Crippen MR) is 95.0 cm³/mol. The lowest BCUT2D eigenvalue weighted by Crippen LogP contribution is -1.99. The molecular formula is C18H14BrN3O2. The molecular weight excluding hydrogens is 370 g/mol. The number of nitrogens with zero attached hydrogens (tertiary/aromatic N) is 3. The molecule has 0 saturated carbocycles. The Morgan fingerprint density at radius 1 is 1.21 bits per heavy atom. The molecule has 0 aliphatic rings. The number of rotatable bonds is 4. The summed E-state index contributed by atoms with van der Waals surface area (Å²) in [6.45, 7) is 0.676. The first-order valence-electron chi connectivity index (χ1n) is 7.43. The van der Waals surface area contributed by atoms with Crippen LogP contribution in [-0.4, -0.2) is 21.6 Å². The van der Waals surface area contributed by atoms with Crippen LogP contribution in [0.5, 0.6) is 5.75 Å². The third-order valence-electron chi connectivity index (χ3n) is 3.78. The molecule has 0 fully saturated rings. The van der Waals surface area contributed by atoms with Crippen LogP contribution in [0.15, 0.2) is 64.0 Å². The first-order chi connectivity index (χ1) is 11.7. The van der Waals surface area contributed by atoms with Crippen LogP contribution in [0.3, 0.4) is 0 Å². The van der Waals surface area contributed by atoms with E-state index in [0.29, 0.717) is 12.4 Å². The molecule has 0 amide bonds. The summed E-state index contributed by atoms with van der Waals surface area (Å²) in [5, 5.41) is 0. The second kappa shape index (κ2) is 6.13. The third-order valence-corrected chi connectivity index (χ3v) is 4.19. The van der Waals surface area contributed by atoms with Crippen LogP contribution in [-0.2, 0) is 6.54 Å². The lowest BCUT2D eigenvalue weighted by Gasteiger charge is -2.10. The van der Waals surface area contributed by atoms with Gasteiger partial charge in [0.1, 0.15) is 15.9 Å². The molecule has 4 rings (SSSR count). The molecule has 24 heavy (non-hydrogen) atoms. The fraction of sp³-hybridized carbons (Fsp3) is 0.111. The molecule has 0 atom stereocenters. The molecule has 0 bridgehead atoms.